The average molecular weight is 368 g/mol. The smallest absolute Gasteiger partial charge is 0.243 e. The van der Waals surface area contributed by atoms with Crippen LogP contribution in [0.25, 0.3) is 11.3 Å². The van der Waals surface area contributed by atoms with Crippen LogP contribution in [0.1, 0.15) is 31.0 Å². The van der Waals surface area contributed by atoms with Gasteiger partial charge in [-0.2, -0.15) is 0 Å². The third kappa shape index (κ3) is 4.94. The molecular weight excluding hydrogens is 344 g/mol. The van der Waals surface area contributed by atoms with Crippen molar-refractivity contribution in [3.63, 3.8) is 0 Å². The van der Waals surface area contributed by atoms with Gasteiger partial charge < -0.3 is 19.5 Å². The van der Waals surface area contributed by atoms with Crippen LogP contribution in [-0.2, 0) is 9.47 Å². The fraction of sp³-hybridized carbons (Fsp3) is 0.450. The molecule has 1 aromatic carbocycles. The summed E-state index contributed by atoms with van der Waals surface area (Å²) in [5.41, 5.74) is 2.89. The third-order valence-corrected chi connectivity index (χ3v) is 4.28. The molecule has 2 aromatic rings. The SMILES string of the molecule is C#Cc1ccc(-c2nnc(NC[C@@H]3CCCO3)nc2C)c(OCOCC)c1. The number of aromatic nitrogens is 3. The fourth-order valence-corrected chi connectivity index (χ4v) is 2.85. The molecule has 1 fully saturated rings. The number of benzene rings is 1. The zero-order valence-electron chi connectivity index (χ0n) is 15.7. The van der Waals surface area contributed by atoms with E-state index in [1.807, 2.05) is 26.0 Å². The first-order valence-electron chi connectivity index (χ1n) is 9.09. The van der Waals surface area contributed by atoms with E-state index in [1.165, 1.54) is 0 Å². The Kier molecular flexibility index (Phi) is 6.58. The number of terminal acetylenes is 1. The molecule has 27 heavy (non-hydrogen) atoms. The lowest BCUT2D eigenvalue weighted by molar-refractivity contribution is 0.0227. The monoisotopic (exact) mass is 368 g/mol. The lowest BCUT2D eigenvalue weighted by atomic mass is 10.1. The molecule has 0 aliphatic carbocycles. The molecule has 0 amide bonds. The van der Waals surface area contributed by atoms with E-state index >= 15 is 0 Å². The zero-order valence-corrected chi connectivity index (χ0v) is 15.7. The first kappa shape index (κ1) is 19.1. The summed E-state index contributed by atoms with van der Waals surface area (Å²) in [6, 6.07) is 5.50. The molecule has 0 bridgehead atoms. The van der Waals surface area contributed by atoms with Crippen molar-refractivity contribution in [2.45, 2.75) is 32.8 Å². The topological polar surface area (TPSA) is 78.4 Å². The Morgan fingerprint density at radius 1 is 1.37 bits per heavy atom. The highest BCUT2D eigenvalue weighted by Crippen LogP contribution is 2.31. The van der Waals surface area contributed by atoms with Crippen LogP contribution in [0.4, 0.5) is 5.95 Å². The van der Waals surface area contributed by atoms with E-state index in [0.29, 0.717) is 30.5 Å². The molecule has 1 aromatic heterocycles. The van der Waals surface area contributed by atoms with E-state index in [4.69, 9.17) is 20.6 Å². The molecule has 1 atom stereocenters. The van der Waals surface area contributed by atoms with E-state index in [2.05, 4.69) is 26.4 Å². The molecule has 3 rings (SSSR count). The number of anilines is 1. The van der Waals surface area contributed by atoms with Gasteiger partial charge in [0.25, 0.3) is 0 Å². The molecule has 1 aliphatic heterocycles. The first-order chi connectivity index (χ1) is 13.2. The van der Waals surface area contributed by atoms with Gasteiger partial charge in [0.05, 0.1) is 11.8 Å². The summed E-state index contributed by atoms with van der Waals surface area (Å²) in [4.78, 5) is 4.52. The summed E-state index contributed by atoms with van der Waals surface area (Å²) < 4.78 is 16.6. The molecule has 0 saturated carbocycles. The van der Waals surface area contributed by atoms with Crippen LogP contribution in [0.5, 0.6) is 5.75 Å². The Morgan fingerprint density at radius 2 is 2.26 bits per heavy atom. The number of hydrogen-bond acceptors (Lipinski definition) is 7. The zero-order chi connectivity index (χ0) is 19.1. The van der Waals surface area contributed by atoms with E-state index in [1.54, 1.807) is 6.07 Å². The molecular formula is C20H24N4O3. The predicted molar refractivity (Wildman–Crippen MR) is 103 cm³/mol. The highest BCUT2D eigenvalue weighted by Gasteiger charge is 2.17. The van der Waals surface area contributed by atoms with Gasteiger partial charge in [0.2, 0.25) is 5.95 Å². The van der Waals surface area contributed by atoms with Crippen LogP contribution in [-0.4, -0.2) is 47.8 Å². The largest absolute Gasteiger partial charge is 0.467 e. The van der Waals surface area contributed by atoms with Gasteiger partial charge >= 0.3 is 0 Å². The van der Waals surface area contributed by atoms with Crippen LogP contribution in [0, 0.1) is 19.3 Å². The summed E-state index contributed by atoms with van der Waals surface area (Å²) in [7, 11) is 0. The lowest BCUT2D eigenvalue weighted by Gasteiger charge is -2.14. The van der Waals surface area contributed by atoms with Crippen molar-refractivity contribution in [3.8, 4) is 29.4 Å². The van der Waals surface area contributed by atoms with Crippen LogP contribution < -0.4 is 10.1 Å². The molecule has 142 valence electrons. The average Bonchev–Trinajstić information content (AvgIpc) is 3.20. The predicted octanol–water partition coefficient (Wildman–Crippen LogP) is 2.79. The van der Waals surface area contributed by atoms with Gasteiger partial charge in [0.15, 0.2) is 6.79 Å². The maximum atomic E-state index is 5.73. The minimum absolute atomic E-state index is 0.137. The Labute approximate surface area is 159 Å². The van der Waals surface area contributed by atoms with Gasteiger partial charge in [-0.05, 0) is 44.9 Å². The minimum atomic E-state index is 0.137. The number of hydrogen-bond donors (Lipinski definition) is 1. The highest BCUT2D eigenvalue weighted by molar-refractivity contribution is 5.70. The summed E-state index contributed by atoms with van der Waals surface area (Å²) in [6.07, 6.45) is 7.87. The number of aryl methyl sites for hydroxylation is 1. The summed E-state index contributed by atoms with van der Waals surface area (Å²) in [6.45, 7) is 6.00. The van der Waals surface area contributed by atoms with E-state index in [-0.39, 0.29) is 12.9 Å². The second-order valence-electron chi connectivity index (χ2n) is 6.20. The van der Waals surface area contributed by atoms with Crippen LogP contribution in [0.15, 0.2) is 18.2 Å². The maximum Gasteiger partial charge on any atom is 0.243 e. The van der Waals surface area contributed by atoms with Crippen molar-refractivity contribution in [2.24, 2.45) is 0 Å². The second kappa shape index (κ2) is 9.31. The number of ether oxygens (including phenoxy) is 3. The van der Waals surface area contributed by atoms with Gasteiger partial charge in [-0.15, -0.1) is 16.6 Å². The van der Waals surface area contributed by atoms with Crippen LogP contribution in [0.2, 0.25) is 0 Å². The van der Waals surface area contributed by atoms with Gasteiger partial charge in [-0.3, -0.25) is 0 Å². The maximum absolute atomic E-state index is 5.73. The first-order valence-corrected chi connectivity index (χ1v) is 9.09. The Morgan fingerprint density at radius 3 is 2.96 bits per heavy atom. The number of nitrogens with one attached hydrogen (secondary N) is 1. The van der Waals surface area contributed by atoms with Gasteiger partial charge in [0.1, 0.15) is 11.4 Å². The number of nitrogens with zero attached hydrogens (tertiary/aromatic N) is 3. The fourth-order valence-electron chi connectivity index (χ4n) is 2.85. The summed E-state index contributed by atoms with van der Waals surface area (Å²) in [5.74, 6) is 3.69. The van der Waals surface area contributed by atoms with Crippen molar-refractivity contribution in [2.75, 3.05) is 31.9 Å². The van der Waals surface area contributed by atoms with Crippen LogP contribution in [0.3, 0.4) is 0 Å². The van der Waals surface area contributed by atoms with Gasteiger partial charge in [0, 0.05) is 30.9 Å². The van der Waals surface area contributed by atoms with Gasteiger partial charge in [-0.1, -0.05) is 5.92 Å². The van der Waals surface area contributed by atoms with Gasteiger partial charge in [-0.25, -0.2) is 4.98 Å². The standard InChI is InChI=1S/C20H24N4O3/c1-4-15-8-9-17(18(11-15)27-13-25-5-2)19-14(3)22-20(24-23-19)21-12-16-7-6-10-26-16/h1,8-9,11,16H,5-7,10,12-13H2,2-3H3,(H,21,22,24)/t16-/m0/s1. The third-order valence-electron chi connectivity index (χ3n) is 4.28. The van der Waals surface area contributed by atoms with Crippen molar-refractivity contribution in [3.05, 3.63) is 29.5 Å². The molecule has 7 nitrogen and oxygen atoms in total. The molecule has 1 aliphatic rings. The second-order valence-corrected chi connectivity index (χ2v) is 6.20. The quantitative estimate of drug-likeness (QED) is 0.436. The Balaban J connectivity index is 1.79. The van der Waals surface area contributed by atoms with Crippen molar-refractivity contribution < 1.29 is 14.2 Å². The molecule has 1 N–H and O–H groups in total. The van der Waals surface area contributed by atoms with E-state index < -0.39 is 0 Å². The number of rotatable bonds is 8. The van der Waals surface area contributed by atoms with E-state index in [0.717, 1.165) is 36.3 Å². The molecule has 0 spiro atoms. The molecule has 0 unspecified atom stereocenters. The summed E-state index contributed by atoms with van der Waals surface area (Å²) in [5, 5.41) is 11.7. The van der Waals surface area contributed by atoms with Crippen molar-refractivity contribution in [1.82, 2.24) is 15.2 Å². The molecule has 0 radical (unpaired) electrons. The molecule has 1 saturated heterocycles. The Hall–Kier alpha value is -2.69. The molecule has 2 heterocycles. The Bertz CT molecular complexity index is 813. The highest BCUT2D eigenvalue weighted by atomic mass is 16.7. The van der Waals surface area contributed by atoms with E-state index in [9.17, 15) is 0 Å². The normalized spacial score (nSPS) is 16.1. The molecule has 7 heteroatoms. The van der Waals surface area contributed by atoms with Crippen LogP contribution >= 0.6 is 0 Å². The summed E-state index contributed by atoms with van der Waals surface area (Å²) >= 11 is 0. The lowest BCUT2D eigenvalue weighted by Crippen LogP contribution is -2.20. The van der Waals surface area contributed by atoms with Crippen molar-refractivity contribution >= 4 is 5.95 Å². The minimum Gasteiger partial charge on any atom is -0.467 e. The van der Waals surface area contributed by atoms with Crippen molar-refractivity contribution in [1.29, 1.82) is 0 Å².